The molecule has 148 valence electrons. The van der Waals surface area contributed by atoms with E-state index in [-0.39, 0.29) is 17.9 Å². The van der Waals surface area contributed by atoms with Crippen LogP contribution in [-0.2, 0) is 11.3 Å². The maximum absolute atomic E-state index is 13.4. The van der Waals surface area contributed by atoms with Crippen molar-refractivity contribution in [3.05, 3.63) is 71.8 Å². The number of amides is 2. The highest BCUT2D eigenvalue weighted by atomic mass is 16.2. The number of nitrogens with zero attached hydrogens (tertiary/aromatic N) is 3. The van der Waals surface area contributed by atoms with E-state index in [2.05, 4.69) is 20.3 Å². The molecule has 29 heavy (non-hydrogen) atoms. The number of benzene rings is 1. The average Bonchev–Trinajstić information content (AvgIpc) is 3.34. The van der Waals surface area contributed by atoms with Crippen LogP contribution in [0.5, 0.6) is 0 Å². The van der Waals surface area contributed by atoms with E-state index in [9.17, 15) is 9.59 Å². The van der Waals surface area contributed by atoms with E-state index in [1.54, 1.807) is 17.3 Å². The zero-order chi connectivity index (χ0) is 20.2. The number of aromatic amines is 1. The minimum Gasteiger partial charge on any atom is -0.352 e. The molecular formula is C22H23N5O2. The van der Waals surface area contributed by atoms with Gasteiger partial charge in [-0.1, -0.05) is 30.3 Å². The number of aryl methyl sites for hydroxylation is 1. The Morgan fingerprint density at radius 2 is 1.93 bits per heavy atom. The van der Waals surface area contributed by atoms with Crippen LogP contribution in [0.3, 0.4) is 0 Å². The minimum absolute atomic E-state index is 0.0358. The lowest BCUT2D eigenvalue weighted by Crippen LogP contribution is -2.41. The number of nitrogens with one attached hydrogen (secondary N) is 2. The summed E-state index contributed by atoms with van der Waals surface area (Å²) in [5, 5.41) is 2.95. The molecule has 0 bridgehead atoms. The summed E-state index contributed by atoms with van der Waals surface area (Å²) in [7, 11) is 0. The third-order valence-corrected chi connectivity index (χ3v) is 5.07. The summed E-state index contributed by atoms with van der Waals surface area (Å²) < 4.78 is 0. The molecule has 1 aromatic carbocycles. The fraction of sp³-hybridized carbons (Fsp3) is 0.273. The smallest absolute Gasteiger partial charge is 0.274 e. The number of pyridine rings is 1. The Morgan fingerprint density at radius 1 is 1.17 bits per heavy atom. The molecule has 3 aromatic rings. The predicted molar refractivity (Wildman–Crippen MR) is 109 cm³/mol. The van der Waals surface area contributed by atoms with Crippen LogP contribution >= 0.6 is 0 Å². The summed E-state index contributed by atoms with van der Waals surface area (Å²) in [6.45, 7) is 2.73. The molecule has 1 saturated heterocycles. The number of carbonyl (C=O) groups excluding carboxylic acids is 2. The van der Waals surface area contributed by atoms with Crippen molar-refractivity contribution in [1.29, 1.82) is 0 Å². The Labute approximate surface area is 169 Å². The van der Waals surface area contributed by atoms with Crippen LogP contribution in [0.15, 0.2) is 54.9 Å². The molecule has 1 aliphatic heterocycles. The molecule has 0 aliphatic carbocycles. The zero-order valence-corrected chi connectivity index (χ0v) is 16.3. The van der Waals surface area contributed by atoms with Gasteiger partial charge in [-0.05, 0) is 31.0 Å². The third kappa shape index (κ3) is 4.34. The lowest BCUT2D eigenvalue weighted by atomic mass is 10.1. The molecule has 3 heterocycles. The molecule has 0 saturated carbocycles. The first-order valence-electron chi connectivity index (χ1n) is 9.69. The van der Waals surface area contributed by atoms with Crippen molar-refractivity contribution < 1.29 is 9.59 Å². The summed E-state index contributed by atoms with van der Waals surface area (Å²) >= 11 is 0. The largest absolute Gasteiger partial charge is 0.352 e. The molecule has 0 radical (unpaired) electrons. The van der Waals surface area contributed by atoms with Crippen LogP contribution in [0.2, 0.25) is 0 Å². The van der Waals surface area contributed by atoms with Gasteiger partial charge in [-0.3, -0.25) is 14.6 Å². The maximum Gasteiger partial charge on any atom is 0.274 e. The molecule has 1 aliphatic rings. The molecule has 2 aromatic heterocycles. The van der Waals surface area contributed by atoms with Gasteiger partial charge < -0.3 is 15.2 Å². The minimum atomic E-state index is -0.154. The molecule has 4 rings (SSSR count). The van der Waals surface area contributed by atoms with Gasteiger partial charge in [-0.25, -0.2) is 4.98 Å². The summed E-state index contributed by atoms with van der Waals surface area (Å²) in [6.07, 6.45) is 4.65. The molecular weight excluding hydrogens is 366 g/mol. The number of rotatable bonds is 6. The van der Waals surface area contributed by atoms with Crippen molar-refractivity contribution in [2.45, 2.75) is 32.4 Å². The predicted octanol–water partition coefficient (Wildman–Crippen LogP) is 2.70. The van der Waals surface area contributed by atoms with Crippen LogP contribution in [0.4, 0.5) is 0 Å². The van der Waals surface area contributed by atoms with Gasteiger partial charge in [0.1, 0.15) is 11.5 Å². The number of H-pyrrole nitrogens is 1. The third-order valence-electron chi connectivity index (χ3n) is 5.07. The second kappa shape index (κ2) is 8.26. The van der Waals surface area contributed by atoms with Crippen LogP contribution in [0.1, 0.15) is 34.6 Å². The van der Waals surface area contributed by atoms with Crippen molar-refractivity contribution in [2.24, 2.45) is 0 Å². The van der Waals surface area contributed by atoms with Gasteiger partial charge >= 0.3 is 0 Å². The van der Waals surface area contributed by atoms with Gasteiger partial charge in [0.25, 0.3) is 5.91 Å². The number of hydrogen-bond acceptors (Lipinski definition) is 4. The van der Waals surface area contributed by atoms with E-state index in [1.165, 1.54) is 0 Å². The van der Waals surface area contributed by atoms with E-state index >= 15 is 0 Å². The van der Waals surface area contributed by atoms with Crippen LogP contribution in [-0.4, -0.2) is 44.3 Å². The first kappa shape index (κ1) is 18.9. The Bertz CT molecular complexity index is 1000. The summed E-state index contributed by atoms with van der Waals surface area (Å²) in [5.74, 6) is 0.553. The lowest BCUT2D eigenvalue weighted by Gasteiger charge is -2.25. The molecule has 2 N–H and O–H groups in total. The summed E-state index contributed by atoms with van der Waals surface area (Å²) in [5.41, 5.74) is 3.04. The van der Waals surface area contributed by atoms with Crippen LogP contribution in [0.25, 0.3) is 11.4 Å². The SMILES string of the molecule is Cc1[nH]c(-c2ccccc2)nc1C(=O)N(Cc1ccncc1)C[C@@H]1CCC(=O)N1. The Morgan fingerprint density at radius 3 is 2.62 bits per heavy atom. The van der Waals surface area contributed by atoms with Crippen molar-refractivity contribution in [3.63, 3.8) is 0 Å². The monoisotopic (exact) mass is 389 g/mol. The number of hydrogen-bond donors (Lipinski definition) is 2. The van der Waals surface area contributed by atoms with Gasteiger partial charge in [-0.15, -0.1) is 0 Å². The average molecular weight is 389 g/mol. The molecule has 0 unspecified atom stereocenters. The highest BCUT2D eigenvalue weighted by Crippen LogP contribution is 2.20. The quantitative estimate of drug-likeness (QED) is 0.678. The van der Waals surface area contributed by atoms with Gasteiger partial charge in [0, 0.05) is 49.2 Å². The summed E-state index contributed by atoms with van der Waals surface area (Å²) in [4.78, 5) is 38.6. The van der Waals surface area contributed by atoms with Crippen molar-refractivity contribution in [2.75, 3.05) is 6.54 Å². The van der Waals surface area contributed by atoms with E-state index in [4.69, 9.17) is 0 Å². The Kier molecular flexibility index (Phi) is 5.37. The standard InChI is InChI=1S/C22H23N5O2/c1-15-20(26-21(24-15)17-5-3-2-4-6-17)22(29)27(13-16-9-11-23-12-10-16)14-18-7-8-19(28)25-18/h2-6,9-12,18H,7-8,13-14H2,1H3,(H,24,26)(H,25,28)/t18-/m0/s1. The molecule has 1 fully saturated rings. The first-order chi connectivity index (χ1) is 14.1. The topological polar surface area (TPSA) is 91.0 Å². The lowest BCUT2D eigenvalue weighted by molar-refractivity contribution is -0.119. The second-order valence-corrected chi connectivity index (χ2v) is 7.27. The normalized spacial score (nSPS) is 15.9. The van der Waals surface area contributed by atoms with Crippen molar-refractivity contribution in [3.8, 4) is 11.4 Å². The van der Waals surface area contributed by atoms with Crippen LogP contribution in [0, 0.1) is 6.92 Å². The van der Waals surface area contributed by atoms with Gasteiger partial charge in [0.05, 0.1) is 0 Å². The second-order valence-electron chi connectivity index (χ2n) is 7.27. The number of aromatic nitrogens is 3. The van der Waals surface area contributed by atoms with Crippen molar-refractivity contribution in [1.82, 2.24) is 25.2 Å². The molecule has 2 amide bonds. The van der Waals surface area contributed by atoms with E-state index in [1.807, 2.05) is 49.4 Å². The van der Waals surface area contributed by atoms with E-state index < -0.39 is 0 Å². The highest BCUT2D eigenvalue weighted by molar-refractivity contribution is 5.94. The highest BCUT2D eigenvalue weighted by Gasteiger charge is 2.28. The van der Waals surface area contributed by atoms with E-state index in [0.29, 0.717) is 31.0 Å². The number of imidazole rings is 1. The maximum atomic E-state index is 13.4. The fourth-order valence-corrected chi connectivity index (χ4v) is 3.56. The van der Waals surface area contributed by atoms with Crippen LogP contribution < -0.4 is 5.32 Å². The first-order valence-corrected chi connectivity index (χ1v) is 9.69. The van der Waals surface area contributed by atoms with Gasteiger partial charge in [0.2, 0.25) is 5.91 Å². The zero-order valence-electron chi connectivity index (χ0n) is 16.3. The molecule has 1 atom stereocenters. The summed E-state index contributed by atoms with van der Waals surface area (Å²) in [6, 6.07) is 13.5. The van der Waals surface area contributed by atoms with Gasteiger partial charge in [0.15, 0.2) is 0 Å². The van der Waals surface area contributed by atoms with E-state index in [0.717, 1.165) is 23.2 Å². The molecule has 7 heteroatoms. The Balaban J connectivity index is 1.60. The number of carbonyl (C=O) groups is 2. The molecule has 7 nitrogen and oxygen atoms in total. The Hall–Kier alpha value is -3.48. The van der Waals surface area contributed by atoms with Gasteiger partial charge in [-0.2, -0.15) is 0 Å². The van der Waals surface area contributed by atoms with Crippen molar-refractivity contribution >= 4 is 11.8 Å². The fourth-order valence-electron chi connectivity index (χ4n) is 3.56. The molecule has 0 spiro atoms.